The predicted molar refractivity (Wildman–Crippen MR) is 134 cm³/mol. The summed E-state index contributed by atoms with van der Waals surface area (Å²) >= 11 is 0. The molecule has 0 bridgehead atoms. The molecule has 0 spiro atoms. The third kappa shape index (κ3) is 8.52. The van der Waals surface area contributed by atoms with Gasteiger partial charge in [0.2, 0.25) is 0 Å². The van der Waals surface area contributed by atoms with Gasteiger partial charge in [-0.2, -0.15) is 0 Å². The molecule has 0 aliphatic carbocycles. The number of hydrogen-bond donors (Lipinski definition) is 0. The van der Waals surface area contributed by atoms with Crippen molar-refractivity contribution in [1.29, 1.82) is 0 Å². The minimum atomic E-state index is -4.74. The van der Waals surface area contributed by atoms with Crippen LogP contribution in [0.5, 0.6) is 11.5 Å². The molecule has 0 unspecified atom stereocenters. The van der Waals surface area contributed by atoms with Gasteiger partial charge in [-0.05, 0) is 41.0 Å². The van der Waals surface area contributed by atoms with E-state index >= 15 is 0 Å². The first-order valence-corrected chi connectivity index (χ1v) is 12.0. The van der Waals surface area contributed by atoms with Crippen molar-refractivity contribution in [1.82, 2.24) is 4.90 Å². The Bertz CT molecular complexity index is 1190. The molecule has 3 aromatic carbocycles. The van der Waals surface area contributed by atoms with Gasteiger partial charge in [-0.1, -0.05) is 59.8 Å². The molecule has 0 aromatic heterocycles. The van der Waals surface area contributed by atoms with E-state index in [1.807, 2.05) is 42.5 Å². The number of nitrogens with zero attached hydrogens (tertiary/aromatic N) is 2. The monoisotopic (exact) mass is 528 g/mol. The predicted octanol–water partition coefficient (Wildman–Crippen LogP) is 4.99. The van der Waals surface area contributed by atoms with E-state index in [0.29, 0.717) is 49.7 Å². The third-order valence-corrected chi connectivity index (χ3v) is 5.69. The van der Waals surface area contributed by atoms with Crippen LogP contribution in [0.4, 0.5) is 13.2 Å². The third-order valence-electron chi connectivity index (χ3n) is 5.69. The Labute approximate surface area is 218 Å². The zero-order valence-electron chi connectivity index (χ0n) is 20.5. The summed E-state index contributed by atoms with van der Waals surface area (Å²) in [6, 6.07) is 22.3. The van der Waals surface area contributed by atoms with E-state index < -0.39 is 6.36 Å². The van der Waals surface area contributed by atoms with Crippen molar-refractivity contribution >= 4 is 11.6 Å². The van der Waals surface area contributed by atoms with Gasteiger partial charge in [0.25, 0.3) is 5.91 Å². The number of oxime groups is 1. The fourth-order valence-corrected chi connectivity index (χ4v) is 3.74. The number of alkyl halides is 3. The number of ether oxygens (including phenoxy) is 3. The molecule has 0 radical (unpaired) electrons. The summed E-state index contributed by atoms with van der Waals surface area (Å²) < 4.78 is 51.8. The minimum absolute atomic E-state index is 0.0345. The summed E-state index contributed by atoms with van der Waals surface area (Å²) in [5.74, 6) is 0.214. The van der Waals surface area contributed by atoms with Crippen molar-refractivity contribution in [3.8, 4) is 11.5 Å². The van der Waals surface area contributed by atoms with Crippen LogP contribution in [0.15, 0.2) is 84.0 Å². The van der Waals surface area contributed by atoms with E-state index in [2.05, 4.69) is 9.89 Å². The lowest BCUT2D eigenvalue weighted by atomic mass is 10.0. The number of halogens is 3. The van der Waals surface area contributed by atoms with Crippen LogP contribution in [-0.2, 0) is 27.4 Å². The Morgan fingerprint density at radius 2 is 1.50 bits per heavy atom. The van der Waals surface area contributed by atoms with Crippen LogP contribution in [0.2, 0.25) is 0 Å². The molecule has 1 heterocycles. The largest absolute Gasteiger partial charge is 0.573 e. The van der Waals surface area contributed by atoms with E-state index in [-0.39, 0.29) is 24.9 Å². The summed E-state index contributed by atoms with van der Waals surface area (Å²) in [5, 5.41) is 4.31. The highest BCUT2D eigenvalue weighted by Gasteiger charge is 2.30. The van der Waals surface area contributed by atoms with Crippen LogP contribution in [0.25, 0.3) is 0 Å². The number of carbonyl (C=O) groups is 1. The molecule has 10 heteroatoms. The average Bonchev–Trinajstić information content (AvgIpc) is 2.93. The summed E-state index contributed by atoms with van der Waals surface area (Å²) in [5.41, 5.74) is 3.15. The maximum absolute atomic E-state index is 12.3. The lowest BCUT2D eigenvalue weighted by molar-refractivity contribution is -0.274. The van der Waals surface area contributed by atoms with Crippen LogP contribution in [0, 0.1) is 0 Å². The van der Waals surface area contributed by atoms with Crippen molar-refractivity contribution in [3.63, 3.8) is 0 Å². The number of hydrogen-bond acceptors (Lipinski definition) is 6. The molecule has 3 aromatic rings. The van der Waals surface area contributed by atoms with Gasteiger partial charge in [0.15, 0.2) is 6.61 Å². The highest BCUT2D eigenvalue weighted by atomic mass is 19.4. The summed E-state index contributed by atoms with van der Waals surface area (Å²) in [7, 11) is 0. The second kappa shape index (κ2) is 13.0. The van der Waals surface area contributed by atoms with Crippen molar-refractivity contribution in [3.05, 3.63) is 95.6 Å². The maximum Gasteiger partial charge on any atom is 0.573 e. The second-order valence-corrected chi connectivity index (χ2v) is 8.47. The lowest BCUT2D eigenvalue weighted by Gasteiger charge is -2.26. The first-order valence-electron chi connectivity index (χ1n) is 12.0. The van der Waals surface area contributed by atoms with Crippen molar-refractivity contribution < 1.29 is 37.0 Å². The Kier molecular flexibility index (Phi) is 9.21. The lowest BCUT2D eigenvalue weighted by Crippen LogP contribution is -2.42. The van der Waals surface area contributed by atoms with Crippen LogP contribution in [0.1, 0.15) is 16.7 Å². The van der Waals surface area contributed by atoms with E-state index in [1.54, 1.807) is 17.0 Å². The highest BCUT2D eigenvalue weighted by molar-refractivity contribution is 6.01. The highest BCUT2D eigenvalue weighted by Crippen LogP contribution is 2.23. The second-order valence-electron chi connectivity index (χ2n) is 8.47. The normalized spacial score (nSPS) is 14.2. The molecule has 4 rings (SSSR count). The fraction of sp³-hybridized carbons (Fsp3) is 0.286. The van der Waals surface area contributed by atoms with Crippen LogP contribution < -0.4 is 9.47 Å². The van der Waals surface area contributed by atoms with E-state index in [4.69, 9.17) is 14.3 Å². The van der Waals surface area contributed by atoms with Gasteiger partial charge >= 0.3 is 6.36 Å². The van der Waals surface area contributed by atoms with E-state index in [9.17, 15) is 18.0 Å². The molecule has 1 amide bonds. The molecule has 1 fully saturated rings. The zero-order valence-corrected chi connectivity index (χ0v) is 20.5. The molecule has 0 N–H and O–H groups in total. The first kappa shape index (κ1) is 27.0. The van der Waals surface area contributed by atoms with Gasteiger partial charge in [0.05, 0.1) is 18.9 Å². The van der Waals surface area contributed by atoms with E-state index in [1.165, 1.54) is 24.3 Å². The number of morpholine rings is 1. The minimum Gasteiger partial charge on any atom is -0.484 e. The quantitative estimate of drug-likeness (QED) is 0.274. The Balaban J connectivity index is 1.35. The molecule has 1 aliphatic heterocycles. The molecule has 200 valence electrons. The fourth-order valence-electron chi connectivity index (χ4n) is 3.74. The average molecular weight is 529 g/mol. The number of rotatable bonds is 10. The van der Waals surface area contributed by atoms with Gasteiger partial charge in [-0.25, -0.2) is 0 Å². The zero-order chi connectivity index (χ0) is 26.8. The molecule has 38 heavy (non-hydrogen) atoms. The summed E-state index contributed by atoms with van der Waals surface area (Å²) in [6.07, 6.45) is -4.27. The van der Waals surface area contributed by atoms with Gasteiger partial charge in [0.1, 0.15) is 18.1 Å². The molecule has 0 atom stereocenters. The van der Waals surface area contributed by atoms with E-state index in [0.717, 1.165) is 11.1 Å². The molecular weight excluding hydrogens is 501 g/mol. The first-order chi connectivity index (χ1) is 18.4. The molecule has 7 nitrogen and oxygen atoms in total. The number of benzene rings is 3. The molecule has 1 saturated heterocycles. The van der Waals surface area contributed by atoms with Crippen molar-refractivity contribution in [2.45, 2.75) is 19.4 Å². The summed E-state index contributed by atoms with van der Waals surface area (Å²) in [4.78, 5) is 19.6. The topological polar surface area (TPSA) is 69.6 Å². The Morgan fingerprint density at radius 1 is 0.868 bits per heavy atom. The molecule has 1 aliphatic rings. The van der Waals surface area contributed by atoms with Crippen molar-refractivity contribution in [2.75, 3.05) is 32.9 Å². The molecule has 0 saturated carbocycles. The van der Waals surface area contributed by atoms with Crippen LogP contribution in [0.3, 0.4) is 0 Å². The SMILES string of the molecule is O=C(COc1ccc(CC(=NOCc2ccc(OC(F)(F)F)cc2)c2ccccc2)cc1)N1CCOCC1. The standard InChI is InChI=1S/C28H27F3N2O5/c29-28(30,31)38-25-12-8-22(9-13-25)19-37-32-26(23-4-2-1-3-5-23)18-21-6-10-24(11-7-21)36-20-27(34)33-14-16-35-17-15-33/h1-13H,14-20H2. The van der Waals surface area contributed by atoms with Crippen molar-refractivity contribution in [2.24, 2.45) is 5.16 Å². The number of carbonyl (C=O) groups excluding carboxylic acids is 1. The van der Waals surface area contributed by atoms with Gasteiger partial charge in [-0.3, -0.25) is 4.79 Å². The van der Waals surface area contributed by atoms with Gasteiger partial charge < -0.3 is 23.9 Å². The summed E-state index contributed by atoms with van der Waals surface area (Å²) in [6.45, 7) is 2.27. The Hall–Kier alpha value is -4.05. The maximum atomic E-state index is 12.3. The smallest absolute Gasteiger partial charge is 0.484 e. The van der Waals surface area contributed by atoms with Crippen LogP contribution >= 0.6 is 0 Å². The van der Waals surface area contributed by atoms with Gasteiger partial charge in [0, 0.05) is 19.5 Å². The van der Waals surface area contributed by atoms with Gasteiger partial charge in [-0.15, -0.1) is 13.2 Å². The molecular formula is C28H27F3N2O5. The number of amides is 1. The van der Waals surface area contributed by atoms with Crippen LogP contribution in [-0.4, -0.2) is 55.8 Å². The Morgan fingerprint density at radius 3 is 2.16 bits per heavy atom.